The Morgan fingerprint density at radius 1 is 1.22 bits per heavy atom. The van der Waals surface area contributed by atoms with Crippen LogP contribution in [0.5, 0.6) is 0 Å². The first-order valence-corrected chi connectivity index (χ1v) is 10.6. The molecule has 1 atom stereocenters. The molecule has 4 nitrogen and oxygen atoms in total. The summed E-state index contributed by atoms with van der Waals surface area (Å²) in [6.45, 7) is 2.97. The molecule has 3 aromatic rings. The van der Waals surface area contributed by atoms with Crippen LogP contribution in [0.3, 0.4) is 0 Å². The number of thioether (sulfide) groups is 1. The van der Waals surface area contributed by atoms with Crippen molar-refractivity contribution in [2.75, 3.05) is 12.8 Å². The van der Waals surface area contributed by atoms with Gasteiger partial charge in [-0.25, -0.2) is 4.98 Å². The van der Waals surface area contributed by atoms with Gasteiger partial charge >= 0.3 is 0 Å². The van der Waals surface area contributed by atoms with E-state index < -0.39 is 0 Å². The standard InChI is InChI=1S/C22H25N3OS/c1-3-25-20-13-7-6-12-18(20)23-22(25)27-15-21(26)24(2)19-14-8-10-16-9-4-5-11-17(16)19/h4-7,9,11-13,19H,3,8,10,14-15H2,1-2H3. The van der Waals surface area contributed by atoms with E-state index in [9.17, 15) is 4.79 Å². The number of aromatic nitrogens is 2. The molecular weight excluding hydrogens is 354 g/mol. The van der Waals surface area contributed by atoms with Crippen molar-refractivity contribution in [3.63, 3.8) is 0 Å². The van der Waals surface area contributed by atoms with E-state index in [0.29, 0.717) is 5.75 Å². The van der Waals surface area contributed by atoms with Crippen LogP contribution < -0.4 is 0 Å². The molecule has 5 heteroatoms. The summed E-state index contributed by atoms with van der Waals surface area (Å²) in [5.41, 5.74) is 4.81. The van der Waals surface area contributed by atoms with Crippen LogP contribution in [0.1, 0.15) is 36.9 Å². The summed E-state index contributed by atoms with van der Waals surface area (Å²) in [7, 11) is 1.94. The zero-order chi connectivity index (χ0) is 18.8. The number of rotatable bonds is 5. The number of carbonyl (C=O) groups excluding carboxylic acids is 1. The van der Waals surface area contributed by atoms with E-state index >= 15 is 0 Å². The molecule has 0 N–H and O–H groups in total. The van der Waals surface area contributed by atoms with E-state index in [0.717, 1.165) is 42.0 Å². The van der Waals surface area contributed by atoms with Gasteiger partial charge in [0.05, 0.1) is 22.8 Å². The molecule has 1 amide bonds. The average molecular weight is 380 g/mol. The highest BCUT2D eigenvalue weighted by Gasteiger charge is 2.26. The minimum atomic E-state index is 0.163. The number of hydrogen-bond donors (Lipinski definition) is 0. The fourth-order valence-corrected chi connectivity index (χ4v) is 5.00. The van der Waals surface area contributed by atoms with Crippen molar-refractivity contribution in [1.82, 2.24) is 14.5 Å². The Kier molecular flexibility index (Phi) is 5.21. The summed E-state index contributed by atoms with van der Waals surface area (Å²) in [5.74, 6) is 0.579. The van der Waals surface area contributed by atoms with Crippen molar-refractivity contribution in [3.8, 4) is 0 Å². The predicted molar refractivity (Wildman–Crippen MR) is 111 cm³/mol. The Hall–Kier alpha value is -2.27. The van der Waals surface area contributed by atoms with Crippen molar-refractivity contribution in [3.05, 3.63) is 59.7 Å². The Bertz CT molecular complexity index is 965. The van der Waals surface area contributed by atoms with Crippen LogP contribution in [0.25, 0.3) is 11.0 Å². The van der Waals surface area contributed by atoms with Gasteiger partial charge in [0.2, 0.25) is 5.91 Å². The van der Waals surface area contributed by atoms with Crippen LogP contribution in [0.2, 0.25) is 0 Å². The second-order valence-electron chi connectivity index (χ2n) is 7.03. The van der Waals surface area contributed by atoms with E-state index in [-0.39, 0.29) is 11.9 Å². The Morgan fingerprint density at radius 2 is 2.00 bits per heavy atom. The Morgan fingerprint density at radius 3 is 2.85 bits per heavy atom. The first-order chi connectivity index (χ1) is 13.2. The molecule has 1 aliphatic carbocycles. The second-order valence-corrected chi connectivity index (χ2v) is 7.97. The maximum atomic E-state index is 12.9. The van der Waals surface area contributed by atoms with Crippen LogP contribution >= 0.6 is 11.8 Å². The fraction of sp³-hybridized carbons (Fsp3) is 0.364. The van der Waals surface area contributed by atoms with Crippen LogP contribution in [0.4, 0.5) is 0 Å². The summed E-state index contributed by atoms with van der Waals surface area (Å²) < 4.78 is 2.18. The van der Waals surface area contributed by atoms with Gasteiger partial charge < -0.3 is 9.47 Å². The first-order valence-electron chi connectivity index (χ1n) is 9.60. The van der Waals surface area contributed by atoms with E-state index in [4.69, 9.17) is 4.98 Å². The number of benzene rings is 2. The topological polar surface area (TPSA) is 38.1 Å². The minimum absolute atomic E-state index is 0.163. The molecule has 0 saturated carbocycles. The monoisotopic (exact) mass is 379 g/mol. The lowest BCUT2D eigenvalue weighted by Crippen LogP contribution is -2.34. The molecular formula is C22H25N3OS. The van der Waals surface area contributed by atoms with Crippen LogP contribution in [0, 0.1) is 0 Å². The zero-order valence-corrected chi connectivity index (χ0v) is 16.7. The smallest absolute Gasteiger partial charge is 0.233 e. The van der Waals surface area contributed by atoms with Crippen molar-refractivity contribution in [2.45, 2.75) is 43.9 Å². The number of imidazole rings is 1. The van der Waals surface area contributed by atoms with E-state index in [1.807, 2.05) is 30.1 Å². The molecule has 0 bridgehead atoms. The summed E-state index contributed by atoms with van der Waals surface area (Å²) in [5, 5.41) is 0.921. The molecule has 0 radical (unpaired) electrons. The van der Waals surface area contributed by atoms with Gasteiger partial charge in [-0.3, -0.25) is 4.79 Å². The number of nitrogens with zero attached hydrogens (tertiary/aromatic N) is 3. The Balaban J connectivity index is 1.49. The van der Waals surface area contributed by atoms with Crippen molar-refractivity contribution >= 4 is 28.7 Å². The molecule has 1 aliphatic rings. The Labute approximate surface area is 164 Å². The van der Waals surface area contributed by atoms with Crippen molar-refractivity contribution in [1.29, 1.82) is 0 Å². The molecule has 1 unspecified atom stereocenters. The lowest BCUT2D eigenvalue weighted by molar-refractivity contribution is -0.129. The van der Waals surface area contributed by atoms with Crippen molar-refractivity contribution < 1.29 is 4.79 Å². The summed E-state index contributed by atoms with van der Waals surface area (Å²) in [6.07, 6.45) is 3.29. The maximum absolute atomic E-state index is 12.9. The molecule has 1 aromatic heterocycles. The third-order valence-electron chi connectivity index (χ3n) is 5.46. The molecule has 1 heterocycles. The fourth-order valence-electron chi connectivity index (χ4n) is 4.00. The zero-order valence-electron chi connectivity index (χ0n) is 15.9. The average Bonchev–Trinajstić information content (AvgIpc) is 3.08. The van der Waals surface area contributed by atoms with Crippen molar-refractivity contribution in [2.24, 2.45) is 0 Å². The third kappa shape index (κ3) is 3.48. The van der Waals surface area contributed by atoms with Crippen LogP contribution in [-0.4, -0.2) is 33.2 Å². The predicted octanol–water partition coefficient (Wildman–Crippen LogP) is 4.68. The third-order valence-corrected chi connectivity index (χ3v) is 6.42. The SMILES string of the molecule is CCn1c(SCC(=O)N(C)C2CCCc3ccccc32)nc2ccccc21. The van der Waals surface area contributed by atoms with Gasteiger partial charge in [0.1, 0.15) is 0 Å². The summed E-state index contributed by atoms with van der Waals surface area (Å²) in [4.78, 5) is 19.6. The highest BCUT2D eigenvalue weighted by atomic mass is 32.2. The lowest BCUT2D eigenvalue weighted by atomic mass is 9.87. The summed E-state index contributed by atoms with van der Waals surface area (Å²) in [6, 6.07) is 16.9. The number of aryl methyl sites for hydroxylation is 2. The molecule has 2 aromatic carbocycles. The molecule has 0 fully saturated rings. The maximum Gasteiger partial charge on any atom is 0.233 e. The first kappa shape index (κ1) is 18.1. The van der Waals surface area contributed by atoms with Gasteiger partial charge in [-0.1, -0.05) is 48.2 Å². The lowest BCUT2D eigenvalue weighted by Gasteiger charge is -2.33. The molecule has 0 spiro atoms. The molecule has 0 saturated heterocycles. The number of carbonyl (C=O) groups is 1. The van der Waals surface area contributed by atoms with E-state index in [1.54, 1.807) is 0 Å². The number of hydrogen-bond acceptors (Lipinski definition) is 3. The largest absolute Gasteiger partial charge is 0.338 e. The van der Waals surface area contributed by atoms with E-state index in [2.05, 4.69) is 41.8 Å². The summed E-state index contributed by atoms with van der Waals surface area (Å²) >= 11 is 1.54. The number of amides is 1. The molecule has 140 valence electrons. The highest BCUT2D eigenvalue weighted by molar-refractivity contribution is 7.99. The molecule has 0 aliphatic heterocycles. The van der Waals surface area contributed by atoms with Gasteiger partial charge in [-0.15, -0.1) is 0 Å². The van der Waals surface area contributed by atoms with Gasteiger partial charge in [-0.2, -0.15) is 0 Å². The van der Waals surface area contributed by atoms with Gasteiger partial charge in [0.25, 0.3) is 0 Å². The van der Waals surface area contributed by atoms with Gasteiger partial charge in [-0.05, 0) is 49.4 Å². The highest BCUT2D eigenvalue weighted by Crippen LogP contribution is 2.34. The van der Waals surface area contributed by atoms with Crippen LogP contribution in [-0.2, 0) is 17.8 Å². The van der Waals surface area contributed by atoms with Gasteiger partial charge in [0.15, 0.2) is 5.16 Å². The normalized spacial score (nSPS) is 16.3. The minimum Gasteiger partial charge on any atom is -0.338 e. The van der Waals surface area contributed by atoms with Gasteiger partial charge in [0, 0.05) is 13.6 Å². The quantitative estimate of drug-likeness (QED) is 0.604. The van der Waals surface area contributed by atoms with E-state index in [1.165, 1.54) is 22.9 Å². The molecule has 4 rings (SSSR count). The van der Waals surface area contributed by atoms with Crippen LogP contribution in [0.15, 0.2) is 53.7 Å². The number of fused-ring (bicyclic) bond motifs is 2. The second kappa shape index (κ2) is 7.77. The molecule has 27 heavy (non-hydrogen) atoms. The number of para-hydroxylation sites is 2.